The highest BCUT2D eigenvalue weighted by atomic mass is 31.2. The highest BCUT2D eigenvalue weighted by molar-refractivity contribution is 7.55. The summed E-state index contributed by atoms with van der Waals surface area (Å²) < 4.78 is 29.5. The fourth-order valence-electron chi connectivity index (χ4n) is 2.98. The van der Waals surface area contributed by atoms with E-state index in [9.17, 15) is 14.2 Å². The molecule has 0 aromatic carbocycles. The number of ether oxygens (including phenoxy) is 1. The first-order valence-corrected chi connectivity index (χ1v) is 10.7. The molecule has 8 nitrogen and oxygen atoms in total. The number of hydrogen-bond acceptors (Lipinski definition) is 6. The van der Waals surface area contributed by atoms with Crippen molar-refractivity contribution in [3.05, 3.63) is 0 Å². The van der Waals surface area contributed by atoms with Gasteiger partial charge in [0.15, 0.2) is 5.66 Å². The van der Waals surface area contributed by atoms with Crippen molar-refractivity contribution in [2.75, 3.05) is 26.3 Å². The maximum atomic E-state index is 13.2. The van der Waals surface area contributed by atoms with Gasteiger partial charge in [-0.3, -0.25) is 9.36 Å². The molecule has 1 rings (SSSR count). The fourth-order valence-corrected chi connectivity index (χ4v) is 5.00. The number of amides is 1. The average Bonchev–Trinajstić information content (AvgIpc) is 2.51. The van der Waals surface area contributed by atoms with Crippen LogP contribution in [0.3, 0.4) is 0 Å². The molecule has 152 valence electrons. The third-order valence-electron chi connectivity index (χ3n) is 4.12. The molecule has 0 bridgehead atoms. The van der Waals surface area contributed by atoms with E-state index in [1.165, 1.54) is 4.90 Å². The summed E-state index contributed by atoms with van der Waals surface area (Å²) in [5.41, 5.74) is -1.73. The van der Waals surface area contributed by atoms with Gasteiger partial charge >= 0.3 is 19.7 Å². The van der Waals surface area contributed by atoms with Crippen LogP contribution in [0.5, 0.6) is 0 Å². The van der Waals surface area contributed by atoms with Gasteiger partial charge in [-0.1, -0.05) is 0 Å². The summed E-state index contributed by atoms with van der Waals surface area (Å²) in [6.07, 6.45) is 0.550. The van der Waals surface area contributed by atoms with E-state index in [0.717, 1.165) is 0 Å². The summed E-state index contributed by atoms with van der Waals surface area (Å²) in [6, 6.07) is 0. The topological polar surface area (TPSA) is 102 Å². The predicted octanol–water partition coefficient (Wildman–Crippen LogP) is 3.74. The fraction of sp³-hybridized carbons (Fsp3) is 0.882. The first-order chi connectivity index (χ1) is 12.0. The van der Waals surface area contributed by atoms with Crippen molar-refractivity contribution in [2.45, 2.75) is 65.1 Å². The third kappa shape index (κ3) is 6.89. The van der Waals surface area contributed by atoms with E-state index in [1.807, 2.05) is 0 Å². The maximum Gasteiger partial charge on any atom is 0.407 e. The first kappa shape index (κ1) is 22.9. The second-order valence-corrected chi connectivity index (χ2v) is 9.59. The lowest BCUT2D eigenvalue weighted by atomic mass is 9.92. The number of carboxylic acid groups (broad SMARTS) is 1. The van der Waals surface area contributed by atoms with E-state index in [0.29, 0.717) is 32.4 Å². The van der Waals surface area contributed by atoms with Crippen LogP contribution in [-0.2, 0) is 23.1 Å². The molecule has 0 radical (unpaired) electrons. The minimum atomic E-state index is -3.68. The zero-order chi connectivity index (χ0) is 20.0. The van der Waals surface area contributed by atoms with Gasteiger partial charge in [-0.2, -0.15) is 0 Å². The minimum Gasteiger partial charge on any atom is -0.465 e. The van der Waals surface area contributed by atoms with Crippen LogP contribution in [0.1, 0.15) is 53.9 Å². The van der Waals surface area contributed by atoms with E-state index in [2.05, 4.69) is 0 Å². The van der Waals surface area contributed by atoms with Gasteiger partial charge in [0.1, 0.15) is 5.60 Å². The number of carbonyl (C=O) groups is 2. The van der Waals surface area contributed by atoms with E-state index in [1.54, 1.807) is 34.6 Å². The Morgan fingerprint density at radius 1 is 1.15 bits per heavy atom. The van der Waals surface area contributed by atoms with Crippen molar-refractivity contribution in [1.29, 1.82) is 0 Å². The van der Waals surface area contributed by atoms with Gasteiger partial charge in [-0.15, -0.1) is 0 Å². The summed E-state index contributed by atoms with van der Waals surface area (Å²) in [7, 11) is -3.68. The molecule has 0 spiro atoms. The zero-order valence-corrected chi connectivity index (χ0v) is 17.3. The van der Waals surface area contributed by atoms with Crippen molar-refractivity contribution in [1.82, 2.24) is 4.90 Å². The van der Waals surface area contributed by atoms with Gasteiger partial charge in [0.05, 0.1) is 13.2 Å². The Hall–Kier alpha value is -1.11. The Kier molecular flexibility index (Phi) is 8.57. The smallest absolute Gasteiger partial charge is 0.407 e. The molecule has 1 N–H and O–H groups in total. The molecule has 1 aliphatic rings. The maximum absolute atomic E-state index is 13.2. The Labute approximate surface area is 155 Å². The number of nitrogens with zero attached hydrogens (tertiary/aromatic N) is 1. The number of hydrogen-bond donors (Lipinski definition) is 1. The molecule has 0 aliphatic carbocycles. The second-order valence-electron chi connectivity index (χ2n) is 7.37. The van der Waals surface area contributed by atoms with Crippen LogP contribution in [0.25, 0.3) is 0 Å². The van der Waals surface area contributed by atoms with Gasteiger partial charge in [-0.25, -0.2) is 4.79 Å². The molecule has 0 saturated carbocycles. The highest BCUT2D eigenvalue weighted by Crippen LogP contribution is 2.56. The lowest BCUT2D eigenvalue weighted by Crippen LogP contribution is -2.40. The summed E-state index contributed by atoms with van der Waals surface area (Å²) >= 11 is 0. The highest BCUT2D eigenvalue weighted by Gasteiger charge is 2.45. The molecule has 26 heavy (non-hydrogen) atoms. The second kappa shape index (κ2) is 9.72. The number of rotatable bonds is 8. The number of carbonyl (C=O) groups excluding carboxylic acids is 1. The molecule has 0 aromatic rings. The Bertz CT molecular complexity index is 514. The largest absolute Gasteiger partial charge is 0.465 e. The molecule has 9 heteroatoms. The first-order valence-electron chi connectivity index (χ1n) is 9.12. The monoisotopic (exact) mass is 393 g/mol. The van der Waals surface area contributed by atoms with Crippen molar-refractivity contribution in [2.24, 2.45) is 5.92 Å². The normalized spacial score (nSPS) is 17.8. The van der Waals surface area contributed by atoms with Crippen LogP contribution in [0.4, 0.5) is 4.79 Å². The van der Waals surface area contributed by atoms with Gasteiger partial charge in [0, 0.05) is 13.1 Å². The summed E-state index contributed by atoms with van der Waals surface area (Å²) in [6.45, 7) is 9.76. The number of piperidine rings is 1. The molecule has 1 aliphatic heterocycles. The minimum absolute atomic E-state index is 0.0531. The van der Waals surface area contributed by atoms with E-state index in [4.69, 9.17) is 18.9 Å². The van der Waals surface area contributed by atoms with Gasteiger partial charge < -0.3 is 23.8 Å². The quantitative estimate of drug-likeness (QED) is 0.495. The van der Waals surface area contributed by atoms with Gasteiger partial charge in [0.25, 0.3) is 0 Å². The lowest BCUT2D eigenvalue weighted by Gasteiger charge is -2.34. The Morgan fingerprint density at radius 2 is 1.65 bits per heavy atom. The molecule has 1 fully saturated rings. The Morgan fingerprint density at radius 3 is 2.04 bits per heavy atom. The zero-order valence-electron chi connectivity index (χ0n) is 16.4. The molecule has 1 heterocycles. The van der Waals surface area contributed by atoms with Crippen molar-refractivity contribution >= 4 is 19.7 Å². The molecular formula is C17H32NO7P. The van der Waals surface area contributed by atoms with Crippen LogP contribution in [0.2, 0.25) is 0 Å². The number of likely N-dealkylation sites (tertiary alicyclic amines) is 1. The molecule has 1 amide bonds. The van der Waals surface area contributed by atoms with Gasteiger partial charge in [0.2, 0.25) is 0 Å². The average molecular weight is 393 g/mol. The molecule has 0 aromatic heterocycles. The summed E-state index contributed by atoms with van der Waals surface area (Å²) in [5.74, 6) is -0.541. The number of esters is 1. The van der Waals surface area contributed by atoms with Crippen molar-refractivity contribution in [3.63, 3.8) is 0 Å². The SMILES string of the molecule is CCOP(=O)(OCC)C(CC1CCN(C(=O)O)CC1)C(=O)OC(C)(C)C. The standard InChI is InChI=1S/C17H32NO7P/c1-6-23-26(22,24-7-2)14(15(19)25-17(3,4)5)12-13-8-10-18(11-9-13)16(20)21/h13-14H,6-12H2,1-5H3,(H,20,21). The van der Waals surface area contributed by atoms with Crippen LogP contribution >= 0.6 is 7.60 Å². The predicted molar refractivity (Wildman–Crippen MR) is 97.4 cm³/mol. The van der Waals surface area contributed by atoms with Crippen LogP contribution in [0.15, 0.2) is 0 Å². The third-order valence-corrected chi connectivity index (χ3v) is 6.54. The summed E-state index contributed by atoms with van der Waals surface area (Å²) in [4.78, 5) is 25.1. The van der Waals surface area contributed by atoms with Crippen LogP contribution in [0, 0.1) is 5.92 Å². The Balaban J connectivity index is 2.95. The van der Waals surface area contributed by atoms with Gasteiger partial charge in [-0.05, 0) is 59.8 Å². The van der Waals surface area contributed by atoms with Crippen LogP contribution < -0.4 is 0 Å². The molecule has 1 saturated heterocycles. The summed E-state index contributed by atoms with van der Waals surface area (Å²) in [5, 5.41) is 9.06. The van der Waals surface area contributed by atoms with E-state index >= 15 is 0 Å². The van der Waals surface area contributed by atoms with Crippen molar-refractivity contribution in [3.8, 4) is 0 Å². The molecule has 1 unspecified atom stereocenters. The molecule has 1 atom stereocenters. The lowest BCUT2D eigenvalue weighted by molar-refractivity contribution is -0.155. The van der Waals surface area contributed by atoms with Crippen LogP contribution in [-0.4, -0.2) is 59.6 Å². The van der Waals surface area contributed by atoms with E-state index < -0.39 is 30.9 Å². The van der Waals surface area contributed by atoms with Crippen molar-refractivity contribution < 1.29 is 33.0 Å². The molecular weight excluding hydrogens is 361 g/mol. The van der Waals surface area contributed by atoms with E-state index in [-0.39, 0.29) is 19.1 Å².